The molecule has 0 bridgehead atoms. The number of carbonyl (C=O) groups is 2. The Morgan fingerprint density at radius 2 is 1.95 bits per heavy atom. The van der Waals surface area contributed by atoms with E-state index in [4.69, 9.17) is 0 Å². The van der Waals surface area contributed by atoms with Crippen molar-refractivity contribution in [3.8, 4) is 0 Å². The maximum Gasteiger partial charge on any atom is 0.329 e. The highest BCUT2D eigenvalue weighted by Gasteiger charge is 2.41. The fraction of sp³-hybridized carbons (Fsp3) is 0.429. The number of rotatable bonds is 4. The number of halogens is 2. The van der Waals surface area contributed by atoms with E-state index in [-0.39, 0.29) is 12.0 Å². The van der Waals surface area contributed by atoms with Crippen LogP contribution in [-0.4, -0.2) is 34.0 Å². The van der Waals surface area contributed by atoms with Crippen LogP contribution in [0.15, 0.2) is 18.2 Å². The number of hydrogen-bond acceptors (Lipinski definition) is 3. The van der Waals surface area contributed by atoms with Crippen molar-refractivity contribution in [1.82, 2.24) is 5.32 Å². The molecule has 2 rings (SSSR count). The van der Waals surface area contributed by atoms with Gasteiger partial charge in [0.25, 0.3) is 0 Å². The van der Waals surface area contributed by atoms with Gasteiger partial charge in [0.05, 0.1) is 6.42 Å². The van der Waals surface area contributed by atoms with Crippen molar-refractivity contribution >= 4 is 23.6 Å². The van der Waals surface area contributed by atoms with Gasteiger partial charge in [-0.3, -0.25) is 4.79 Å². The van der Waals surface area contributed by atoms with Crippen LogP contribution in [-0.2, 0) is 16.0 Å². The molecule has 0 radical (unpaired) electrons. The number of carboxylic acids is 1. The van der Waals surface area contributed by atoms with Crippen LogP contribution in [0, 0.1) is 11.6 Å². The van der Waals surface area contributed by atoms with Crippen LogP contribution in [0.3, 0.4) is 0 Å². The molecule has 1 aliphatic rings. The minimum atomic E-state index is -1.30. The summed E-state index contributed by atoms with van der Waals surface area (Å²) in [5.41, 5.74) is -1.38. The first-order valence-corrected chi connectivity index (χ1v) is 7.65. The molecule has 0 atom stereocenters. The maximum atomic E-state index is 13.5. The van der Waals surface area contributed by atoms with E-state index in [9.17, 15) is 23.5 Å². The van der Waals surface area contributed by atoms with Crippen LogP contribution in [0.2, 0.25) is 0 Å². The van der Waals surface area contributed by atoms with Crippen molar-refractivity contribution in [1.29, 1.82) is 0 Å². The predicted octanol–water partition coefficient (Wildman–Crippen LogP) is 1.97. The third kappa shape index (κ3) is 3.53. The lowest BCUT2D eigenvalue weighted by Crippen LogP contribution is -2.56. The zero-order valence-electron chi connectivity index (χ0n) is 11.2. The molecule has 0 aromatic heterocycles. The Labute approximate surface area is 124 Å². The lowest BCUT2D eigenvalue weighted by atomic mass is 9.92. The zero-order valence-corrected chi connectivity index (χ0v) is 12.0. The lowest BCUT2D eigenvalue weighted by Gasteiger charge is -2.33. The zero-order chi connectivity index (χ0) is 15.5. The van der Waals surface area contributed by atoms with Gasteiger partial charge in [0.15, 0.2) is 11.6 Å². The first-order valence-electron chi connectivity index (χ1n) is 6.50. The van der Waals surface area contributed by atoms with Gasteiger partial charge in [-0.25, -0.2) is 13.6 Å². The monoisotopic (exact) mass is 315 g/mol. The van der Waals surface area contributed by atoms with E-state index in [1.807, 2.05) is 0 Å². The molecule has 0 aliphatic carbocycles. The molecule has 0 saturated carbocycles. The fourth-order valence-corrected chi connectivity index (χ4v) is 3.47. The summed E-state index contributed by atoms with van der Waals surface area (Å²) in [6.07, 6.45) is 0.264. The number of benzene rings is 1. The van der Waals surface area contributed by atoms with E-state index in [0.717, 1.165) is 6.07 Å². The van der Waals surface area contributed by atoms with Gasteiger partial charge in [-0.05, 0) is 30.4 Å². The molecule has 1 fully saturated rings. The first-order chi connectivity index (χ1) is 9.94. The normalized spacial score (nSPS) is 17.2. The number of carbonyl (C=O) groups excluding carboxylic acids is 1. The van der Waals surface area contributed by atoms with Crippen LogP contribution in [0.25, 0.3) is 0 Å². The van der Waals surface area contributed by atoms with E-state index in [1.165, 1.54) is 12.1 Å². The summed E-state index contributed by atoms with van der Waals surface area (Å²) in [5.74, 6) is -2.52. The van der Waals surface area contributed by atoms with Gasteiger partial charge in [0.2, 0.25) is 5.91 Å². The van der Waals surface area contributed by atoms with E-state index < -0.39 is 29.0 Å². The molecular weight excluding hydrogens is 300 g/mol. The molecule has 7 heteroatoms. The van der Waals surface area contributed by atoms with Gasteiger partial charge in [-0.15, -0.1) is 0 Å². The van der Waals surface area contributed by atoms with E-state index in [2.05, 4.69) is 5.32 Å². The van der Waals surface area contributed by atoms with Crippen LogP contribution in [0.4, 0.5) is 8.78 Å². The summed E-state index contributed by atoms with van der Waals surface area (Å²) in [6.45, 7) is 0. The minimum Gasteiger partial charge on any atom is -0.480 e. The van der Waals surface area contributed by atoms with E-state index in [1.54, 1.807) is 11.8 Å². The highest BCUT2D eigenvalue weighted by molar-refractivity contribution is 7.99. The second-order valence-corrected chi connectivity index (χ2v) is 6.16. The third-order valence-corrected chi connectivity index (χ3v) is 4.50. The summed E-state index contributed by atoms with van der Waals surface area (Å²) in [5, 5.41) is 11.8. The van der Waals surface area contributed by atoms with Gasteiger partial charge in [-0.2, -0.15) is 11.8 Å². The average molecular weight is 315 g/mol. The highest BCUT2D eigenvalue weighted by Crippen LogP contribution is 2.27. The molecule has 4 nitrogen and oxygen atoms in total. The van der Waals surface area contributed by atoms with Crippen molar-refractivity contribution in [2.45, 2.75) is 24.8 Å². The van der Waals surface area contributed by atoms with Crippen molar-refractivity contribution in [3.63, 3.8) is 0 Å². The second kappa shape index (κ2) is 6.43. The summed E-state index contributed by atoms with van der Waals surface area (Å²) in [4.78, 5) is 23.4. The van der Waals surface area contributed by atoms with Crippen LogP contribution in [0.1, 0.15) is 18.4 Å². The van der Waals surface area contributed by atoms with Crippen molar-refractivity contribution in [3.05, 3.63) is 35.4 Å². The van der Waals surface area contributed by atoms with Crippen molar-refractivity contribution < 1.29 is 23.5 Å². The summed E-state index contributed by atoms with van der Waals surface area (Å²) >= 11 is 1.63. The Balaban J connectivity index is 2.09. The van der Waals surface area contributed by atoms with Crippen LogP contribution < -0.4 is 5.32 Å². The lowest BCUT2D eigenvalue weighted by molar-refractivity contribution is -0.148. The van der Waals surface area contributed by atoms with E-state index >= 15 is 0 Å². The molecule has 21 heavy (non-hydrogen) atoms. The average Bonchev–Trinajstić information content (AvgIpc) is 2.44. The minimum absolute atomic E-state index is 0.0850. The number of hydrogen-bond donors (Lipinski definition) is 2. The Morgan fingerprint density at radius 3 is 2.57 bits per heavy atom. The number of carboxylic acid groups (broad SMARTS) is 1. The molecule has 1 amide bonds. The smallest absolute Gasteiger partial charge is 0.329 e. The topological polar surface area (TPSA) is 66.4 Å². The molecule has 1 aliphatic heterocycles. The number of amides is 1. The molecule has 1 saturated heterocycles. The Hall–Kier alpha value is -1.63. The molecule has 0 spiro atoms. The molecule has 2 N–H and O–H groups in total. The summed E-state index contributed by atoms with van der Waals surface area (Å²) in [7, 11) is 0. The largest absolute Gasteiger partial charge is 0.480 e. The molecule has 1 aromatic rings. The Bertz CT molecular complexity index is 559. The van der Waals surface area contributed by atoms with Gasteiger partial charge in [0, 0.05) is 5.56 Å². The van der Waals surface area contributed by atoms with Gasteiger partial charge in [-0.1, -0.05) is 12.1 Å². The highest BCUT2D eigenvalue weighted by atomic mass is 32.2. The van der Waals surface area contributed by atoms with Crippen molar-refractivity contribution in [2.24, 2.45) is 0 Å². The molecular formula is C14H15F2NO3S. The summed E-state index contributed by atoms with van der Waals surface area (Å²) < 4.78 is 26.6. The Morgan fingerprint density at radius 1 is 1.29 bits per heavy atom. The predicted molar refractivity (Wildman–Crippen MR) is 75.1 cm³/mol. The van der Waals surface area contributed by atoms with Gasteiger partial charge in [0.1, 0.15) is 5.54 Å². The second-order valence-electron chi connectivity index (χ2n) is 4.94. The van der Waals surface area contributed by atoms with Gasteiger partial charge >= 0.3 is 5.97 Å². The maximum absolute atomic E-state index is 13.5. The number of aliphatic carboxylic acids is 1. The van der Waals surface area contributed by atoms with E-state index in [0.29, 0.717) is 24.3 Å². The van der Waals surface area contributed by atoms with Crippen molar-refractivity contribution in [2.75, 3.05) is 11.5 Å². The SMILES string of the molecule is O=C(Cc1cccc(F)c1F)NC1(C(=O)O)CCSCC1. The Kier molecular flexibility index (Phi) is 4.82. The number of nitrogens with one attached hydrogen (secondary N) is 1. The van der Waals surface area contributed by atoms with Crippen LogP contribution in [0.5, 0.6) is 0 Å². The molecule has 1 aromatic carbocycles. The summed E-state index contributed by atoms with van der Waals surface area (Å²) in [6, 6.07) is 3.58. The quantitative estimate of drug-likeness (QED) is 0.891. The first kappa shape index (κ1) is 15.8. The van der Waals surface area contributed by atoms with Gasteiger partial charge < -0.3 is 10.4 Å². The molecule has 1 heterocycles. The molecule has 114 valence electrons. The molecule has 0 unspecified atom stereocenters. The van der Waals surface area contributed by atoms with Crippen LogP contribution >= 0.6 is 11.8 Å². The standard InChI is InChI=1S/C14H15F2NO3S/c15-10-3-1-2-9(12(10)16)8-11(18)17-14(13(19)20)4-6-21-7-5-14/h1-3H,4-8H2,(H,17,18)(H,19,20). The number of thioether (sulfide) groups is 1. The fourth-order valence-electron chi connectivity index (χ4n) is 2.28. The third-order valence-electron chi connectivity index (χ3n) is 3.52.